The topological polar surface area (TPSA) is 125 Å². The average molecular weight is 613 g/mol. The van der Waals surface area contributed by atoms with E-state index in [0.29, 0.717) is 37.9 Å². The fourth-order valence-electron chi connectivity index (χ4n) is 3.92. The highest BCUT2D eigenvalue weighted by atomic mass is 32.2. The van der Waals surface area contributed by atoms with Crippen LogP contribution in [0.2, 0.25) is 0 Å². The van der Waals surface area contributed by atoms with Crippen molar-refractivity contribution in [3.63, 3.8) is 0 Å². The lowest BCUT2D eigenvalue weighted by atomic mass is 10.2. The quantitative estimate of drug-likeness (QED) is 0.379. The van der Waals surface area contributed by atoms with Crippen molar-refractivity contribution in [3.05, 3.63) is 78.4 Å². The van der Waals surface area contributed by atoms with Crippen molar-refractivity contribution >= 4 is 37.3 Å². The van der Waals surface area contributed by atoms with Crippen LogP contribution in [0, 0.1) is 0 Å². The Balaban J connectivity index is 1.30. The van der Waals surface area contributed by atoms with Crippen LogP contribution in [0.5, 0.6) is 5.75 Å². The van der Waals surface area contributed by atoms with Crippen molar-refractivity contribution < 1.29 is 39.5 Å². The van der Waals surface area contributed by atoms with Crippen molar-refractivity contribution in [1.29, 1.82) is 0 Å². The summed E-state index contributed by atoms with van der Waals surface area (Å²) in [5.74, 6) is -0.366. The SMILES string of the molecule is CN1CCN(S(=O)(=O)c2ccc(NC(=O)COc3ccc(S(=O)(=O)Nc4cccc(C(F)(F)F)c4)cc3)cc2)CC1. The lowest BCUT2D eigenvalue weighted by molar-refractivity contribution is -0.137. The van der Waals surface area contributed by atoms with Crippen molar-refractivity contribution in [2.75, 3.05) is 49.9 Å². The molecule has 2 N–H and O–H groups in total. The summed E-state index contributed by atoms with van der Waals surface area (Å²) in [4.78, 5) is 14.3. The van der Waals surface area contributed by atoms with Crippen molar-refractivity contribution in [2.45, 2.75) is 16.0 Å². The maximum absolute atomic E-state index is 12.9. The van der Waals surface area contributed by atoms with Crippen LogP contribution in [0.4, 0.5) is 24.5 Å². The van der Waals surface area contributed by atoms with Crippen LogP contribution in [0.25, 0.3) is 0 Å². The van der Waals surface area contributed by atoms with Gasteiger partial charge in [-0.3, -0.25) is 9.52 Å². The van der Waals surface area contributed by atoms with Gasteiger partial charge in [0.05, 0.1) is 15.4 Å². The number of anilines is 2. The Hall–Kier alpha value is -3.66. The number of likely N-dealkylation sites (N-methyl/N-ethyl adjacent to an activating group) is 1. The monoisotopic (exact) mass is 612 g/mol. The molecule has 3 aromatic rings. The van der Waals surface area contributed by atoms with Gasteiger partial charge in [0.1, 0.15) is 5.75 Å². The first-order valence-electron chi connectivity index (χ1n) is 12.3. The first-order chi connectivity index (χ1) is 19.2. The van der Waals surface area contributed by atoms with E-state index in [0.717, 1.165) is 12.1 Å². The summed E-state index contributed by atoms with van der Waals surface area (Å²) in [6.07, 6.45) is -4.62. The smallest absolute Gasteiger partial charge is 0.416 e. The summed E-state index contributed by atoms with van der Waals surface area (Å²) in [6, 6.07) is 14.5. The fourth-order valence-corrected chi connectivity index (χ4v) is 6.39. The Bertz CT molecular complexity index is 1590. The molecule has 0 spiro atoms. The minimum Gasteiger partial charge on any atom is -0.484 e. The van der Waals surface area contributed by atoms with Crippen LogP contribution < -0.4 is 14.8 Å². The third kappa shape index (κ3) is 7.75. The third-order valence-electron chi connectivity index (χ3n) is 6.18. The van der Waals surface area contributed by atoms with Gasteiger partial charge in [0.15, 0.2) is 6.61 Å². The number of alkyl halides is 3. The van der Waals surface area contributed by atoms with E-state index >= 15 is 0 Å². The minimum atomic E-state index is -4.62. The van der Waals surface area contributed by atoms with Crippen LogP contribution in [0.1, 0.15) is 5.56 Å². The van der Waals surface area contributed by atoms with Gasteiger partial charge in [-0.1, -0.05) is 6.07 Å². The second-order valence-corrected chi connectivity index (χ2v) is 12.8. The number of sulfonamides is 2. The number of halogens is 3. The number of amides is 1. The zero-order valence-electron chi connectivity index (χ0n) is 21.8. The van der Waals surface area contributed by atoms with Gasteiger partial charge in [0, 0.05) is 37.6 Å². The molecule has 0 aliphatic carbocycles. The number of nitrogens with one attached hydrogen (secondary N) is 2. The molecule has 3 aromatic carbocycles. The van der Waals surface area contributed by atoms with E-state index in [1.165, 1.54) is 58.9 Å². The van der Waals surface area contributed by atoms with Crippen LogP contribution in [0.15, 0.2) is 82.6 Å². The van der Waals surface area contributed by atoms with Gasteiger partial charge in [-0.25, -0.2) is 16.8 Å². The van der Waals surface area contributed by atoms with Gasteiger partial charge in [-0.2, -0.15) is 17.5 Å². The first-order valence-corrected chi connectivity index (χ1v) is 15.2. The number of carbonyl (C=O) groups is 1. The van der Waals surface area contributed by atoms with E-state index < -0.39 is 44.3 Å². The maximum Gasteiger partial charge on any atom is 0.416 e. The molecule has 1 saturated heterocycles. The van der Waals surface area contributed by atoms with Crippen LogP contribution in [-0.2, 0) is 31.0 Å². The molecule has 0 aromatic heterocycles. The Morgan fingerprint density at radius 2 is 1.46 bits per heavy atom. The van der Waals surface area contributed by atoms with Gasteiger partial charge < -0.3 is 15.0 Å². The van der Waals surface area contributed by atoms with Gasteiger partial charge in [0.25, 0.3) is 15.9 Å². The van der Waals surface area contributed by atoms with E-state index in [9.17, 15) is 34.8 Å². The summed E-state index contributed by atoms with van der Waals surface area (Å²) in [6.45, 7) is 1.66. The standard InChI is InChI=1S/C26H27F3N4O6S2/c1-32-13-15-33(16-14-32)41(37,38)24-9-5-20(6-10-24)30-25(34)18-39-22-7-11-23(12-8-22)40(35,36)31-21-4-2-3-19(17-21)26(27,28)29/h2-12,17,31H,13-16,18H2,1H3,(H,30,34). The van der Waals surface area contributed by atoms with Crippen molar-refractivity contribution in [2.24, 2.45) is 0 Å². The lowest BCUT2D eigenvalue weighted by Crippen LogP contribution is -2.46. The first kappa shape index (κ1) is 30.3. The maximum atomic E-state index is 12.9. The molecule has 4 rings (SSSR count). The number of nitrogens with zero attached hydrogens (tertiary/aromatic N) is 2. The molecule has 0 atom stereocenters. The van der Waals surface area contributed by atoms with E-state index in [4.69, 9.17) is 4.74 Å². The Labute approximate surface area is 235 Å². The molecule has 15 heteroatoms. The predicted octanol–water partition coefficient (Wildman–Crippen LogP) is 3.46. The molecule has 1 aliphatic rings. The van der Waals surface area contributed by atoms with E-state index in [1.807, 2.05) is 11.9 Å². The number of piperazine rings is 1. The second kappa shape index (κ2) is 12.1. The molecule has 0 bridgehead atoms. The molecule has 220 valence electrons. The normalized spacial score (nSPS) is 15.3. The molecular weight excluding hydrogens is 585 g/mol. The lowest BCUT2D eigenvalue weighted by Gasteiger charge is -2.31. The predicted molar refractivity (Wildman–Crippen MR) is 146 cm³/mol. The number of hydrogen-bond acceptors (Lipinski definition) is 7. The van der Waals surface area contributed by atoms with Gasteiger partial charge >= 0.3 is 6.18 Å². The molecule has 1 heterocycles. The number of ether oxygens (including phenoxy) is 1. The zero-order chi connectivity index (χ0) is 29.8. The molecular formula is C26H27F3N4O6S2. The number of hydrogen-bond donors (Lipinski definition) is 2. The number of rotatable bonds is 9. The van der Waals surface area contributed by atoms with E-state index in [2.05, 4.69) is 10.0 Å². The fraction of sp³-hybridized carbons (Fsp3) is 0.269. The van der Waals surface area contributed by atoms with E-state index in [1.54, 1.807) is 0 Å². The van der Waals surface area contributed by atoms with Crippen LogP contribution in [0.3, 0.4) is 0 Å². The Morgan fingerprint density at radius 3 is 2.07 bits per heavy atom. The second-order valence-electron chi connectivity index (χ2n) is 9.22. The van der Waals surface area contributed by atoms with Gasteiger partial charge in [-0.05, 0) is 73.8 Å². The summed E-state index contributed by atoms with van der Waals surface area (Å²) in [7, 11) is -5.90. The minimum absolute atomic E-state index is 0.119. The number of carbonyl (C=O) groups excluding carboxylic acids is 1. The van der Waals surface area contributed by atoms with E-state index in [-0.39, 0.29) is 21.2 Å². The highest BCUT2D eigenvalue weighted by Gasteiger charge is 2.31. The summed E-state index contributed by atoms with van der Waals surface area (Å²) in [5, 5.41) is 2.59. The molecule has 1 aliphatic heterocycles. The molecule has 0 saturated carbocycles. The third-order valence-corrected chi connectivity index (χ3v) is 9.49. The van der Waals surface area contributed by atoms with Gasteiger partial charge in [-0.15, -0.1) is 0 Å². The molecule has 10 nitrogen and oxygen atoms in total. The average Bonchev–Trinajstić information content (AvgIpc) is 2.92. The molecule has 41 heavy (non-hydrogen) atoms. The summed E-state index contributed by atoms with van der Waals surface area (Å²) >= 11 is 0. The van der Waals surface area contributed by atoms with Crippen LogP contribution >= 0.6 is 0 Å². The highest BCUT2D eigenvalue weighted by Crippen LogP contribution is 2.31. The zero-order valence-corrected chi connectivity index (χ0v) is 23.4. The van der Waals surface area contributed by atoms with Crippen molar-refractivity contribution in [1.82, 2.24) is 9.21 Å². The van der Waals surface area contributed by atoms with Gasteiger partial charge in [0.2, 0.25) is 10.0 Å². The molecule has 0 unspecified atom stereocenters. The molecule has 1 amide bonds. The van der Waals surface area contributed by atoms with Crippen molar-refractivity contribution in [3.8, 4) is 5.75 Å². The summed E-state index contributed by atoms with van der Waals surface area (Å²) < 4.78 is 98.5. The Morgan fingerprint density at radius 1 is 0.854 bits per heavy atom. The largest absolute Gasteiger partial charge is 0.484 e. The van der Waals surface area contributed by atoms with Crippen LogP contribution in [-0.4, -0.2) is 71.8 Å². The molecule has 0 radical (unpaired) electrons. The summed E-state index contributed by atoms with van der Waals surface area (Å²) in [5.41, 5.74) is -0.883. The molecule has 1 fully saturated rings. The Kier molecular flexibility index (Phi) is 8.91. The number of benzene rings is 3. The highest BCUT2D eigenvalue weighted by molar-refractivity contribution is 7.92.